The van der Waals surface area contributed by atoms with Crippen molar-refractivity contribution in [2.24, 2.45) is 23.7 Å². The van der Waals surface area contributed by atoms with Gasteiger partial charge < -0.3 is 5.32 Å². The van der Waals surface area contributed by atoms with E-state index in [4.69, 9.17) is 0 Å². The topological polar surface area (TPSA) is 15.3 Å². The molecule has 24 heavy (non-hydrogen) atoms. The first-order chi connectivity index (χ1) is 11.6. The number of piperidine rings is 3. The first kappa shape index (κ1) is 17.3. The summed E-state index contributed by atoms with van der Waals surface area (Å²) >= 11 is 0. The molecule has 0 aromatic heterocycles. The number of rotatable bonds is 2. The van der Waals surface area contributed by atoms with E-state index in [2.05, 4.69) is 31.0 Å². The Balaban J connectivity index is 1.46. The maximum atomic E-state index is 3.88. The van der Waals surface area contributed by atoms with Gasteiger partial charge in [0.05, 0.1) is 0 Å². The van der Waals surface area contributed by atoms with Gasteiger partial charge in [0.25, 0.3) is 0 Å². The van der Waals surface area contributed by atoms with Gasteiger partial charge in [0, 0.05) is 24.2 Å². The highest BCUT2D eigenvalue weighted by atomic mass is 15.2. The van der Waals surface area contributed by atoms with E-state index in [9.17, 15) is 0 Å². The fraction of sp³-hybridized carbons (Fsp3) is 1.00. The molecule has 138 valence electrons. The molecule has 3 saturated heterocycles. The molecule has 0 aromatic rings. The minimum Gasteiger partial charge on any atom is -0.314 e. The molecule has 8 atom stereocenters. The van der Waals surface area contributed by atoms with Gasteiger partial charge in [-0.1, -0.05) is 20.3 Å². The quantitative estimate of drug-likeness (QED) is 0.779. The van der Waals surface area contributed by atoms with Crippen LogP contribution in [0.4, 0.5) is 0 Å². The lowest BCUT2D eigenvalue weighted by Gasteiger charge is -2.53. The van der Waals surface area contributed by atoms with Crippen molar-refractivity contribution < 1.29 is 0 Å². The van der Waals surface area contributed by atoms with Crippen molar-refractivity contribution in [2.45, 2.75) is 109 Å². The lowest BCUT2D eigenvalue weighted by atomic mass is 9.66. The van der Waals surface area contributed by atoms with Crippen molar-refractivity contribution in [3.05, 3.63) is 0 Å². The fourth-order valence-corrected chi connectivity index (χ4v) is 7.29. The molecule has 4 aliphatic rings. The number of hydrogen-bond donors (Lipinski definition) is 1. The lowest BCUT2D eigenvalue weighted by Crippen LogP contribution is -2.56. The minimum atomic E-state index is 0.824. The van der Waals surface area contributed by atoms with E-state index in [1.807, 2.05) is 0 Å². The monoisotopic (exact) mass is 332 g/mol. The van der Waals surface area contributed by atoms with E-state index in [1.54, 1.807) is 0 Å². The van der Waals surface area contributed by atoms with E-state index in [0.29, 0.717) is 0 Å². The Labute approximate surface area is 150 Å². The molecule has 2 heteroatoms. The van der Waals surface area contributed by atoms with Gasteiger partial charge in [-0.2, -0.15) is 0 Å². The van der Waals surface area contributed by atoms with Crippen molar-refractivity contribution in [1.82, 2.24) is 10.2 Å². The van der Waals surface area contributed by atoms with Crippen LogP contribution in [0.15, 0.2) is 0 Å². The smallest absolute Gasteiger partial charge is 0.0104 e. The van der Waals surface area contributed by atoms with Crippen LogP contribution in [-0.2, 0) is 0 Å². The second-order valence-electron chi connectivity index (χ2n) is 10.1. The Kier molecular flexibility index (Phi) is 5.25. The number of nitrogens with one attached hydrogen (secondary N) is 1. The molecule has 4 rings (SSSR count). The van der Waals surface area contributed by atoms with Gasteiger partial charge >= 0.3 is 0 Å². The molecule has 0 spiro atoms. The summed E-state index contributed by atoms with van der Waals surface area (Å²) in [7, 11) is 0. The first-order valence-electron chi connectivity index (χ1n) is 11.1. The molecule has 4 fully saturated rings. The standard InChI is InChI=1S/C22H40N2/c1-15-10-17(3)24-19(12-15)6-4-7-20(24)14-18-11-16(2)13-22-21(18)8-5-9-23-22/h15-23H,4-14H2,1-3H3/t15-,16+,17+,18+,19+,20+,21+,22+/m1/s1. The van der Waals surface area contributed by atoms with E-state index in [1.165, 1.54) is 70.8 Å². The average molecular weight is 333 g/mol. The molecule has 1 N–H and O–H groups in total. The Morgan fingerprint density at radius 1 is 0.875 bits per heavy atom. The summed E-state index contributed by atoms with van der Waals surface area (Å²) < 4.78 is 0. The summed E-state index contributed by atoms with van der Waals surface area (Å²) in [5.74, 6) is 3.85. The zero-order valence-electron chi connectivity index (χ0n) is 16.3. The molecule has 3 aliphatic heterocycles. The van der Waals surface area contributed by atoms with E-state index in [-0.39, 0.29) is 0 Å². The molecule has 2 nitrogen and oxygen atoms in total. The summed E-state index contributed by atoms with van der Waals surface area (Å²) in [4.78, 5) is 3.01. The van der Waals surface area contributed by atoms with Crippen LogP contribution in [-0.4, -0.2) is 35.6 Å². The summed E-state index contributed by atoms with van der Waals surface area (Å²) in [5.41, 5.74) is 0. The molecule has 0 radical (unpaired) electrons. The van der Waals surface area contributed by atoms with Crippen LogP contribution in [0.3, 0.4) is 0 Å². The second kappa shape index (κ2) is 7.27. The predicted molar refractivity (Wildman–Crippen MR) is 102 cm³/mol. The molecule has 0 aromatic carbocycles. The van der Waals surface area contributed by atoms with Gasteiger partial charge in [-0.05, 0) is 94.9 Å². The van der Waals surface area contributed by atoms with E-state index >= 15 is 0 Å². The highest BCUT2D eigenvalue weighted by Crippen LogP contribution is 2.44. The molecular weight excluding hydrogens is 292 g/mol. The van der Waals surface area contributed by atoms with Crippen LogP contribution in [0.2, 0.25) is 0 Å². The van der Waals surface area contributed by atoms with Crippen molar-refractivity contribution >= 4 is 0 Å². The van der Waals surface area contributed by atoms with E-state index < -0.39 is 0 Å². The average Bonchev–Trinajstić information content (AvgIpc) is 2.54. The highest BCUT2D eigenvalue weighted by molar-refractivity contribution is 4.97. The zero-order chi connectivity index (χ0) is 16.7. The van der Waals surface area contributed by atoms with Gasteiger partial charge in [0.1, 0.15) is 0 Å². The van der Waals surface area contributed by atoms with Crippen LogP contribution in [0, 0.1) is 23.7 Å². The third-order valence-electron chi connectivity index (χ3n) is 8.02. The zero-order valence-corrected chi connectivity index (χ0v) is 16.3. The van der Waals surface area contributed by atoms with Crippen molar-refractivity contribution in [1.29, 1.82) is 0 Å². The normalized spacial score (nSPS) is 50.1. The lowest BCUT2D eigenvalue weighted by molar-refractivity contribution is -0.0273. The molecule has 0 unspecified atom stereocenters. The molecule has 1 aliphatic carbocycles. The van der Waals surface area contributed by atoms with Crippen LogP contribution in [0.1, 0.15) is 85.0 Å². The summed E-state index contributed by atoms with van der Waals surface area (Å²) in [5, 5.41) is 3.88. The van der Waals surface area contributed by atoms with Crippen molar-refractivity contribution in [3.8, 4) is 0 Å². The third-order valence-corrected chi connectivity index (χ3v) is 8.02. The van der Waals surface area contributed by atoms with Gasteiger partial charge in [0.15, 0.2) is 0 Å². The third kappa shape index (κ3) is 3.43. The largest absolute Gasteiger partial charge is 0.314 e. The summed E-state index contributed by atoms with van der Waals surface area (Å²) in [6.07, 6.45) is 14.7. The van der Waals surface area contributed by atoms with Crippen LogP contribution < -0.4 is 5.32 Å². The van der Waals surface area contributed by atoms with Crippen LogP contribution in [0.25, 0.3) is 0 Å². The molecular formula is C22H40N2. The minimum absolute atomic E-state index is 0.824. The summed E-state index contributed by atoms with van der Waals surface area (Å²) in [6, 6.07) is 3.46. The van der Waals surface area contributed by atoms with Gasteiger partial charge in [-0.3, -0.25) is 4.90 Å². The fourth-order valence-electron chi connectivity index (χ4n) is 7.29. The molecule has 1 saturated carbocycles. The van der Waals surface area contributed by atoms with Gasteiger partial charge in [0.2, 0.25) is 0 Å². The Bertz CT molecular complexity index is 422. The van der Waals surface area contributed by atoms with Gasteiger partial charge in [-0.25, -0.2) is 0 Å². The number of fused-ring (bicyclic) bond motifs is 2. The molecule has 0 amide bonds. The molecule has 0 bridgehead atoms. The van der Waals surface area contributed by atoms with Crippen molar-refractivity contribution in [3.63, 3.8) is 0 Å². The van der Waals surface area contributed by atoms with Crippen LogP contribution >= 0.6 is 0 Å². The number of hydrogen-bond acceptors (Lipinski definition) is 2. The Morgan fingerprint density at radius 2 is 1.71 bits per heavy atom. The predicted octanol–water partition coefficient (Wildman–Crippen LogP) is 4.83. The second-order valence-corrected chi connectivity index (χ2v) is 10.1. The van der Waals surface area contributed by atoms with Crippen LogP contribution in [0.5, 0.6) is 0 Å². The SMILES string of the molecule is C[C@H]1C[C@@H](C[C@@H]2CCC[C@H]3C[C@H](C)C[C@H](C)N32)[C@@H]2CCCN[C@H]2C1. The highest BCUT2D eigenvalue weighted by Gasteiger charge is 2.43. The first-order valence-corrected chi connectivity index (χ1v) is 11.1. The van der Waals surface area contributed by atoms with Gasteiger partial charge in [-0.15, -0.1) is 0 Å². The van der Waals surface area contributed by atoms with E-state index in [0.717, 1.165) is 47.8 Å². The van der Waals surface area contributed by atoms with Crippen molar-refractivity contribution in [2.75, 3.05) is 6.54 Å². The maximum Gasteiger partial charge on any atom is 0.0104 e. The maximum absolute atomic E-state index is 3.88. The number of nitrogens with zero attached hydrogens (tertiary/aromatic N) is 1. The summed E-state index contributed by atoms with van der Waals surface area (Å²) in [6.45, 7) is 8.79. The Morgan fingerprint density at radius 3 is 2.58 bits per heavy atom. The molecule has 3 heterocycles. The Hall–Kier alpha value is -0.0800.